The standard InChI is InChI=1S/C21H28N4O5S2/c1-4-30-21(27)18-16(14-5-6-14)12-31-20(18)23-19(26)15-7-9-25(10-8-15)32(28,29)17-11-24(3)13(2)22-17/h11-12,14-15H,4-10H2,1-3H3,(H,23,26). The average molecular weight is 481 g/mol. The highest BCUT2D eigenvalue weighted by Crippen LogP contribution is 2.46. The van der Waals surface area contributed by atoms with Gasteiger partial charge in [-0.3, -0.25) is 4.79 Å². The summed E-state index contributed by atoms with van der Waals surface area (Å²) in [5.74, 6) is 0.0631. The number of amides is 1. The number of ether oxygens (including phenoxy) is 1. The lowest BCUT2D eigenvalue weighted by Gasteiger charge is -2.29. The van der Waals surface area contributed by atoms with Crippen LogP contribution in [0.3, 0.4) is 0 Å². The molecule has 11 heteroatoms. The predicted molar refractivity (Wildman–Crippen MR) is 120 cm³/mol. The molecule has 32 heavy (non-hydrogen) atoms. The molecular weight excluding hydrogens is 452 g/mol. The maximum Gasteiger partial charge on any atom is 0.341 e. The molecule has 4 rings (SSSR count). The van der Waals surface area contributed by atoms with Gasteiger partial charge in [-0.15, -0.1) is 11.3 Å². The highest BCUT2D eigenvalue weighted by molar-refractivity contribution is 7.89. The summed E-state index contributed by atoms with van der Waals surface area (Å²) < 4.78 is 34.0. The van der Waals surface area contributed by atoms with Crippen LogP contribution >= 0.6 is 11.3 Å². The molecule has 3 heterocycles. The van der Waals surface area contributed by atoms with Crippen molar-refractivity contribution in [3.63, 3.8) is 0 Å². The normalized spacial score (nSPS) is 18.0. The number of aryl methyl sites for hydroxylation is 2. The molecule has 1 saturated carbocycles. The number of sulfonamides is 1. The van der Waals surface area contributed by atoms with E-state index in [2.05, 4.69) is 10.3 Å². The second-order valence-corrected chi connectivity index (χ2v) is 11.1. The fourth-order valence-electron chi connectivity index (χ4n) is 3.93. The highest BCUT2D eigenvalue weighted by Gasteiger charge is 2.36. The van der Waals surface area contributed by atoms with Gasteiger partial charge in [0.15, 0.2) is 5.03 Å². The molecule has 0 spiro atoms. The summed E-state index contributed by atoms with van der Waals surface area (Å²) in [6.45, 7) is 4.28. The topological polar surface area (TPSA) is 111 Å². The first-order chi connectivity index (χ1) is 15.2. The van der Waals surface area contributed by atoms with Crippen molar-refractivity contribution >= 4 is 38.2 Å². The highest BCUT2D eigenvalue weighted by atomic mass is 32.2. The summed E-state index contributed by atoms with van der Waals surface area (Å²) in [7, 11) is -1.93. The maximum absolute atomic E-state index is 12.9. The smallest absolute Gasteiger partial charge is 0.341 e. The lowest BCUT2D eigenvalue weighted by Crippen LogP contribution is -2.41. The van der Waals surface area contributed by atoms with Crippen molar-refractivity contribution in [3.8, 4) is 0 Å². The van der Waals surface area contributed by atoms with Crippen molar-refractivity contribution in [3.05, 3.63) is 28.5 Å². The van der Waals surface area contributed by atoms with Crippen LogP contribution in [-0.2, 0) is 26.6 Å². The third-order valence-corrected chi connectivity index (χ3v) is 8.75. The largest absolute Gasteiger partial charge is 0.462 e. The lowest BCUT2D eigenvalue weighted by atomic mass is 9.97. The van der Waals surface area contributed by atoms with Gasteiger partial charge in [-0.05, 0) is 56.4 Å². The number of nitrogens with zero attached hydrogens (tertiary/aromatic N) is 3. The molecule has 0 aromatic carbocycles. The van der Waals surface area contributed by atoms with Crippen LogP contribution in [-0.4, -0.2) is 53.8 Å². The first kappa shape index (κ1) is 22.9. The molecule has 2 aromatic heterocycles. The number of esters is 1. The zero-order chi connectivity index (χ0) is 23.0. The summed E-state index contributed by atoms with van der Waals surface area (Å²) in [5, 5.41) is 5.40. The zero-order valence-corrected chi connectivity index (χ0v) is 20.1. The molecule has 1 amide bonds. The van der Waals surface area contributed by atoms with Gasteiger partial charge in [-0.2, -0.15) is 4.31 Å². The van der Waals surface area contributed by atoms with Crippen LogP contribution in [0.2, 0.25) is 0 Å². The molecule has 174 valence electrons. The number of aromatic nitrogens is 2. The van der Waals surface area contributed by atoms with E-state index < -0.39 is 16.0 Å². The number of hydrogen-bond acceptors (Lipinski definition) is 7. The zero-order valence-electron chi connectivity index (χ0n) is 18.5. The van der Waals surface area contributed by atoms with E-state index in [0.29, 0.717) is 35.1 Å². The average Bonchev–Trinajstić information content (AvgIpc) is 3.44. The number of hydrogen-bond donors (Lipinski definition) is 1. The summed E-state index contributed by atoms with van der Waals surface area (Å²) in [6.07, 6.45) is 4.41. The van der Waals surface area contributed by atoms with Crippen molar-refractivity contribution in [1.82, 2.24) is 13.9 Å². The van der Waals surface area contributed by atoms with Gasteiger partial charge in [-0.1, -0.05) is 0 Å². The number of carbonyl (C=O) groups is 2. The molecule has 0 bridgehead atoms. The van der Waals surface area contributed by atoms with Gasteiger partial charge in [0.05, 0.1) is 12.2 Å². The van der Waals surface area contributed by atoms with Gasteiger partial charge in [0.25, 0.3) is 10.0 Å². The van der Waals surface area contributed by atoms with E-state index in [1.54, 1.807) is 25.5 Å². The van der Waals surface area contributed by atoms with Crippen molar-refractivity contribution in [2.45, 2.75) is 50.5 Å². The minimum Gasteiger partial charge on any atom is -0.462 e. The molecule has 2 aliphatic rings. The first-order valence-corrected chi connectivity index (χ1v) is 13.1. The van der Waals surface area contributed by atoms with Crippen LogP contribution < -0.4 is 5.32 Å². The predicted octanol–water partition coefficient (Wildman–Crippen LogP) is 2.88. The van der Waals surface area contributed by atoms with Crippen LogP contribution in [0, 0.1) is 12.8 Å². The molecular formula is C21H28N4O5S2. The SMILES string of the molecule is CCOC(=O)c1c(C2CC2)csc1NC(=O)C1CCN(S(=O)(=O)c2cn(C)c(C)n2)CC1. The number of anilines is 1. The lowest BCUT2D eigenvalue weighted by molar-refractivity contribution is -0.120. The minimum atomic E-state index is -3.68. The number of carbonyl (C=O) groups excluding carboxylic acids is 2. The third-order valence-electron chi connectivity index (χ3n) is 6.07. The second-order valence-electron chi connectivity index (χ2n) is 8.29. The molecule has 9 nitrogen and oxygen atoms in total. The van der Waals surface area contributed by atoms with E-state index in [1.165, 1.54) is 21.8 Å². The van der Waals surface area contributed by atoms with Crippen molar-refractivity contribution in [2.75, 3.05) is 25.0 Å². The van der Waals surface area contributed by atoms with Gasteiger partial charge in [0.1, 0.15) is 10.8 Å². The number of nitrogens with one attached hydrogen (secondary N) is 1. The van der Waals surface area contributed by atoms with Crippen molar-refractivity contribution in [2.24, 2.45) is 13.0 Å². The van der Waals surface area contributed by atoms with Gasteiger partial charge < -0.3 is 14.6 Å². The minimum absolute atomic E-state index is 0.0330. The molecule has 1 aliphatic heterocycles. The van der Waals surface area contributed by atoms with E-state index in [0.717, 1.165) is 18.4 Å². The van der Waals surface area contributed by atoms with Crippen LogP contribution in [0.25, 0.3) is 0 Å². The maximum atomic E-state index is 12.9. The molecule has 0 radical (unpaired) electrons. The molecule has 0 atom stereocenters. The number of thiophene rings is 1. The van der Waals surface area contributed by atoms with Crippen LogP contribution in [0.15, 0.2) is 16.6 Å². The van der Waals surface area contributed by atoms with E-state index >= 15 is 0 Å². The first-order valence-electron chi connectivity index (χ1n) is 10.8. The van der Waals surface area contributed by atoms with Crippen molar-refractivity contribution < 1.29 is 22.7 Å². The molecule has 2 fully saturated rings. The Bertz CT molecular complexity index is 1110. The summed E-state index contributed by atoms with van der Waals surface area (Å²) in [6, 6.07) is 0. The molecule has 1 aliphatic carbocycles. The Morgan fingerprint density at radius 1 is 1.25 bits per heavy atom. The molecule has 0 unspecified atom stereocenters. The second kappa shape index (κ2) is 8.95. The number of rotatable bonds is 7. The van der Waals surface area contributed by atoms with E-state index in [1.807, 2.05) is 5.38 Å². The monoisotopic (exact) mass is 480 g/mol. The van der Waals surface area contributed by atoms with Gasteiger partial charge in [-0.25, -0.2) is 18.2 Å². The summed E-state index contributed by atoms with van der Waals surface area (Å²) in [4.78, 5) is 29.6. The molecule has 1 saturated heterocycles. The summed E-state index contributed by atoms with van der Waals surface area (Å²) in [5.41, 5.74) is 1.42. The Kier molecular flexibility index (Phi) is 6.42. The van der Waals surface area contributed by atoms with E-state index in [4.69, 9.17) is 4.74 Å². The van der Waals surface area contributed by atoms with Gasteiger partial charge >= 0.3 is 5.97 Å². The summed E-state index contributed by atoms with van der Waals surface area (Å²) >= 11 is 1.35. The fourth-order valence-corrected chi connectivity index (χ4v) is 6.46. The quantitative estimate of drug-likeness (QED) is 0.610. The number of imidazole rings is 1. The Labute approximate surface area is 191 Å². The Balaban J connectivity index is 1.42. The van der Waals surface area contributed by atoms with Gasteiger partial charge in [0, 0.05) is 32.3 Å². The van der Waals surface area contributed by atoms with Crippen molar-refractivity contribution in [1.29, 1.82) is 0 Å². The van der Waals surface area contributed by atoms with E-state index in [9.17, 15) is 18.0 Å². The molecule has 1 N–H and O–H groups in total. The third kappa shape index (κ3) is 4.46. The Hall–Kier alpha value is -2.24. The Morgan fingerprint density at radius 2 is 1.94 bits per heavy atom. The molecule has 2 aromatic rings. The van der Waals surface area contributed by atoms with Crippen LogP contribution in [0.1, 0.15) is 60.3 Å². The fraction of sp³-hybridized carbons (Fsp3) is 0.571. The van der Waals surface area contributed by atoms with Crippen LogP contribution in [0.5, 0.6) is 0 Å². The van der Waals surface area contributed by atoms with Crippen LogP contribution in [0.4, 0.5) is 5.00 Å². The van der Waals surface area contributed by atoms with E-state index in [-0.39, 0.29) is 36.5 Å². The Morgan fingerprint density at radius 3 is 2.50 bits per heavy atom. The number of piperidine rings is 1. The van der Waals surface area contributed by atoms with Gasteiger partial charge in [0.2, 0.25) is 5.91 Å².